The molecular weight excluding hydrogens is 685 g/mol. The van der Waals surface area contributed by atoms with Gasteiger partial charge in [-0.05, 0) is 171 Å². The first-order valence-corrected chi connectivity index (χ1v) is 21.3. The number of aromatic carboxylic acids is 1. The Morgan fingerprint density at radius 3 is 2.16 bits per heavy atom. The molecule has 0 aliphatic heterocycles. The van der Waals surface area contributed by atoms with Crippen molar-refractivity contribution in [3.63, 3.8) is 0 Å². The lowest BCUT2D eigenvalue weighted by atomic mass is 9.32. The van der Waals surface area contributed by atoms with E-state index in [1.165, 1.54) is 31.3 Å². The molecule has 2 aromatic carbocycles. The number of hydrogen-bond donors (Lipinski definition) is 4. The molecule has 0 aromatic heterocycles. The van der Waals surface area contributed by atoms with Crippen molar-refractivity contribution in [1.82, 2.24) is 10.6 Å². The van der Waals surface area contributed by atoms with Crippen LogP contribution < -0.4 is 10.6 Å². The average molecular weight is 751 g/mol. The van der Waals surface area contributed by atoms with Crippen molar-refractivity contribution in [2.75, 3.05) is 13.1 Å². The highest BCUT2D eigenvalue weighted by atomic mass is 16.4. The maximum Gasteiger partial charge on any atom is 0.335 e. The van der Waals surface area contributed by atoms with Gasteiger partial charge in [0, 0.05) is 18.7 Å². The summed E-state index contributed by atoms with van der Waals surface area (Å²) >= 11 is 0. The Kier molecular flexibility index (Phi) is 10.5. The smallest absolute Gasteiger partial charge is 0.335 e. The molecular formula is C48H66N2O5. The van der Waals surface area contributed by atoms with Crippen LogP contribution in [-0.2, 0) is 17.6 Å². The van der Waals surface area contributed by atoms with E-state index in [0.29, 0.717) is 61.1 Å². The number of carbonyl (C=O) groups excluding carboxylic acids is 2. The summed E-state index contributed by atoms with van der Waals surface area (Å²) in [6.07, 6.45) is 11.9. The van der Waals surface area contributed by atoms with Crippen LogP contribution in [0, 0.1) is 56.7 Å². The highest BCUT2D eigenvalue weighted by molar-refractivity contribution is 5.94. The SMILES string of the molecule is C=C(C)[C@@H]1CC[C@]2(C(=O)NCCc3cccc(C(=O)NCCc4ccc(C(=O)O)cc4)c3)CC[C@]3(C)C(CCC4[C@@]5(C)CC[C@H](O)C(C)(C)C5CC[C@]43C)C12. The average Bonchev–Trinajstić information content (AvgIpc) is 3.55. The van der Waals surface area contributed by atoms with Crippen LogP contribution in [-0.4, -0.2) is 47.2 Å². The molecule has 0 spiro atoms. The minimum Gasteiger partial charge on any atom is -0.478 e. The molecule has 7 rings (SSSR count). The van der Waals surface area contributed by atoms with Gasteiger partial charge in [-0.3, -0.25) is 9.59 Å². The number of fused-ring (bicyclic) bond motifs is 7. The zero-order chi connectivity index (χ0) is 39.6. The summed E-state index contributed by atoms with van der Waals surface area (Å²) in [4.78, 5) is 38.8. The van der Waals surface area contributed by atoms with Crippen LogP contribution in [0.5, 0.6) is 0 Å². The van der Waals surface area contributed by atoms with Crippen LogP contribution in [0.3, 0.4) is 0 Å². The summed E-state index contributed by atoms with van der Waals surface area (Å²) in [5, 5.41) is 26.7. The number of benzene rings is 2. The summed E-state index contributed by atoms with van der Waals surface area (Å²) in [6.45, 7) is 20.2. The molecule has 55 heavy (non-hydrogen) atoms. The molecule has 5 saturated carbocycles. The Morgan fingerprint density at radius 2 is 1.45 bits per heavy atom. The largest absolute Gasteiger partial charge is 0.478 e. The number of aliphatic hydroxyl groups excluding tert-OH is 1. The molecule has 0 saturated heterocycles. The van der Waals surface area contributed by atoms with E-state index in [0.717, 1.165) is 49.7 Å². The van der Waals surface area contributed by atoms with Crippen LogP contribution in [0.25, 0.3) is 0 Å². The third kappa shape index (κ3) is 6.48. The van der Waals surface area contributed by atoms with Crippen molar-refractivity contribution in [2.45, 2.75) is 125 Å². The van der Waals surface area contributed by atoms with Gasteiger partial charge in [0.1, 0.15) is 0 Å². The molecule has 5 aliphatic rings. The van der Waals surface area contributed by atoms with Crippen LogP contribution in [0.15, 0.2) is 60.7 Å². The van der Waals surface area contributed by atoms with Gasteiger partial charge >= 0.3 is 5.97 Å². The fraction of sp³-hybridized carbons (Fsp3) is 0.646. The number of carbonyl (C=O) groups is 3. The Bertz CT molecular complexity index is 1820. The predicted octanol–water partition coefficient (Wildman–Crippen LogP) is 9.03. The summed E-state index contributed by atoms with van der Waals surface area (Å²) in [5.41, 5.74) is 4.22. The van der Waals surface area contributed by atoms with E-state index in [1.54, 1.807) is 24.3 Å². The number of carboxylic acid groups (broad SMARTS) is 1. The van der Waals surface area contributed by atoms with Crippen LogP contribution in [0.2, 0.25) is 0 Å². The number of hydrogen-bond acceptors (Lipinski definition) is 4. The highest BCUT2D eigenvalue weighted by Crippen LogP contribution is 2.77. The Morgan fingerprint density at radius 1 is 0.745 bits per heavy atom. The van der Waals surface area contributed by atoms with Gasteiger partial charge in [0.2, 0.25) is 5.91 Å². The highest BCUT2D eigenvalue weighted by Gasteiger charge is 2.71. The van der Waals surface area contributed by atoms with Crippen molar-refractivity contribution in [3.05, 3.63) is 82.9 Å². The standard InChI is InChI=1S/C48H66N2O5/c1-30(2)35-17-24-48(43(55)50-28-21-32-9-8-10-34(29-32)41(52)49-27-20-31-11-13-33(14-12-31)42(53)54)26-25-46(6)36(40(35)48)15-16-38-45(5)22-19-39(51)44(3,4)37(45)18-23-47(38,46)7/h8-14,29,35-40,51H,1,15-28H2,2-7H3,(H,49,52)(H,50,55)(H,53,54)/t35-,36?,37?,38?,39-,40?,45-,46+,47+,48-/m0/s1. The second kappa shape index (κ2) is 14.5. The Labute approximate surface area is 329 Å². The molecule has 10 atom stereocenters. The molecule has 0 heterocycles. The number of amides is 2. The van der Waals surface area contributed by atoms with E-state index >= 15 is 0 Å². The minimum absolute atomic E-state index is 0.0586. The van der Waals surface area contributed by atoms with Crippen molar-refractivity contribution in [3.8, 4) is 0 Å². The molecule has 5 aliphatic carbocycles. The molecule has 4 unspecified atom stereocenters. The van der Waals surface area contributed by atoms with Gasteiger partial charge in [-0.2, -0.15) is 0 Å². The number of carboxylic acids is 1. The van der Waals surface area contributed by atoms with E-state index < -0.39 is 5.97 Å². The van der Waals surface area contributed by atoms with Crippen molar-refractivity contribution < 1.29 is 24.6 Å². The summed E-state index contributed by atoms with van der Waals surface area (Å²) in [7, 11) is 0. The Balaban J connectivity index is 1.02. The summed E-state index contributed by atoms with van der Waals surface area (Å²) in [6, 6.07) is 14.4. The fourth-order valence-electron chi connectivity index (χ4n) is 14.1. The van der Waals surface area contributed by atoms with Gasteiger partial charge in [-0.1, -0.05) is 71.0 Å². The third-order valence-electron chi connectivity index (χ3n) is 17.3. The quantitative estimate of drug-likeness (QED) is 0.181. The summed E-state index contributed by atoms with van der Waals surface area (Å²) in [5.74, 6) is 1.45. The van der Waals surface area contributed by atoms with Gasteiger partial charge in [0.05, 0.1) is 17.1 Å². The first-order chi connectivity index (χ1) is 26.0. The Hall–Kier alpha value is -3.45. The van der Waals surface area contributed by atoms with Crippen molar-refractivity contribution in [1.29, 1.82) is 0 Å². The lowest BCUT2D eigenvalue weighted by Gasteiger charge is -2.72. The van der Waals surface area contributed by atoms with Gasteiger partial charge < -0.3 is 20.8 Å². The maximum atomic E-state index is 14.6. The molecule has 298 valence electrons. The molecule has 5 fully saturated rings. The van der Waals surface area contributed by atoms with E-state index in [2.05, 4.69) is 58.8 Å². The second-order valence-corrected chi connectivity index (χ2v) is 19.9. The fourth-order valence-corrected chi connectivity index (χ4v) is 14.1. The second-order valence-electron chi connectivity index (χ2n) is 19.9. The van der Waals surface area contributed by atoms with E-state index in [-0.39, 0.29) is 50.6 Å². The minimum atomic E-state index is -0.953. The van der Waals surface area contributed by atoms with Crippen LogP contribution in [0.1, 0.15) is 138 Å². The van der Waals surface area contributed by atoms with Gasteiger partial charge in [-0.25, -0.2) is 4.79 Å². The van der Waals surface area contributed by atoms with E-state index in [1.807, 2.05) is 24.3 Å². The summed E-state index contributed by atoms with van der Waals surface area (Å²) < 4.78 is 0. The topological polar surface area (TPSA) is 116 Å². The van der Waals surface area contributed by atoms with Crippen LogP contribution >= 0.6 is 0 Å². The van der Waals surface area contributed by atoms with Gasteiger partial charge in [0.25, 0.3) is 5.91 Å². The monoisotopic (exact) mass is 750 g/mol. The number of nitrogens with one attached hydrogen (secondary N) is 2. The van der Waals surface area contributed by atoms with Crippen LogP contribution in [0.4, 0.5) is 0 Å². The first kappa shape index (κ1) is 39.8. The maximum absolute atomic E-state index is 14.6. The van der Waals surface area contributed by atoms with Crippen molar-refractivity contribution >= 4 is 17.8 Å². The first-order valence-electron chi connectivity index (χ1n) is 21.3. The zero-order valence-corrected chi connectivity index (χ0v) is 34.3. The molecule has 0 radical (unpaired) electrons. The molecule has 0 bridgehead atoms. The molecule has 2 aromatic rings. The number of aliphatic hydroxyl groups is 1. The predicted molar refractivity (Wildman–Crippen MR) is 218 cm³/mol. The molecule has 7 heteroatoms. The zero-order valence-electron chi connectivity index (χ0n) is 34.3. The molecule has 2 amide bonds. The molecule has 4 N–H and O–H groups in total. The molecule has 7 nitrogen and oxygen atoms in total. The lowest BCUT2D eigenvalue weighted by Crippen LogP contribution is -2.67. The van der Waals surface area contributed by atoms with Gasteiger partial charge in [0.15, 0.2) is 0 Å². The van der Waals surface area contributed by atoms with E-state index in [9.17, 15) is 19.5 Å². The van der Waals surface area contributed by atoms with Gasteiger partial charge in [-0.15, -0.1) is 0 Å². The van der Waals surface area contributed by atoms with Crippen molar-refractivity contribution in [2.24, 2.45) is 56.7 Å². The number of allylic oxidation sites excluding steroid dienone is 1. The lowest BCUT2D eigenvalue weighted by molar-refractivity contribution is -0.246. The van der Waals surface area contributed by atoms with E-state index in [4.69, 9.17) is 5.11 Å². The third-order valence-corrected chi connectivity index (χ3v) is 17.3. The normalized spacial score (nSPS) is 37.4. The number of rotatable bonds is 10.